The number of hydrogen-bond acceptors (Lipinski definition) is 5. The molecule has 156 valence electrons. The first-order chi connectivity index (χ1) is 14.6. The molecule has 6 nitrogen and oxygen atoms in total. The predicted molar refractivity (Wildman–Crippen MR) is 113 cm³/mol. The minimum Gasteiger partial charge on any atom is -0.457 e. The van der Waals surface area contributed by atoms with Crippen molar-refractivity contribution < 1.29 is 24.5 Å². The number of aliphatic hydroxyl groups excluding tert-OH is 2. The lowest BCUT2D eigenvalue weighted by atomic mass is 10.0. The van der Waals surface area contributed by atoms with Crippen molar-refractivity contribution in [3.05, 3.63) is 96.1 Å². The summed E-state index contributed by atoms with van der Waals surface area (Å²) in [6.07, 6.45) is -2.48. The number of aliphatic hydroxyl groups is 2. The van der Waals surface area contributed by atoms with Crippen LogP contribution < -0.4 is 10.1 Å². The molecule has 1 amide bonds. The standard InChI is InChI=1S/C24H25NO5/c26-22(15-16-25-24(28)29-17-18-7-3-1-4-8-18)23(27)19-11-13-21(14-12-19)30-20-9-5-2-6-10-20/h1-14,22-23,26-27H,15-17H2,(H,25,28). The molecule has 0 radical (unpaired) electrons. The maximum Gasteiger partial charge on any atom is 0.407 e. The maximum absolute atomic E-state index is 11.7. The van der Waals surface area contributed by atoms with Crippen molar-refractivity contribution in [2.75, 3.05) is 6.54 Å². The number of carbonyl (C=O) groups is 1. The average molecular weight is 407 g/mol. The minimum absolute atomic E-state index is 0.176. The quantitative estimate of drug-likeness (QED) is 0.495. The molecule has 0 fully saturated rings. The molecular formula is C24H25NO5. The number of ether oxygens (including phenoxy) is 2. The molecule has 0 aromatic heterocycles. The number of para-hydroxylation sites is 1. The summed E-state index contributed by atoms with van der Waals surface area (Å²) < 4.78 is 10.8. The van der Waals surface area contributed by atoms with Gasteiger partial charge in [0, 0.05) is 6.54 Å². The Morgan fingerprint density at radius 1 is 0.833 bits per heavy atom. The zero-order chi connectivity index (χ0) is 21.2. The van der Waals surface area contributed by atoms with E-state index in [1.165, 1.54) is 0 Å². The fourth-order valence-corrected chi connectivity index (χ4v) is 2.83. The van der Waals surface area contributed by atoms with Gasteiger partial charge >= 0.3 is 6.09 Å². The first-order valence-corrected chi connectivity index (χ1v) is 9.75. The molecule has 3 N–H and O–H groups in total. The molecule has 2 unspecified atom stereocenters. The monoisotopic (exact) mass is 407 g/mol. The van der Waals surface area contributed by atoms with E-state index in [-0.39, 0.29) is 19.6 Å². The van der Waals surface area contributed by atoms with E-state index in [1.807, 2.05) is 60.7 Å². The van der Waals surface area contributed by atoms with Crippen molar-refractivity contribution in [2.24, 2.45) is 0 Å². The summed E-state index contributed by atoms with van der Waals surface area (Å²) in [6.45, 7) is 0.357. The number of nitrogens with one attached hydrogen (secondary N) is 1. The van der Waals surface area contributed by atoms with Crippen LogP contribution in [0.4, 0.5) is 4.79 Å². The lowest BCUT2D eigenvalue weighted by molar-refractivity contribution is 0.0136. The van der Waals surface area contributed by atoms with Crippen LogP contribution in [0.25, 0.3) is 0 Å². The van der Waals surface area contributed by atoms with E-state index >= 15 is 0 Å². The van der Waals surface area contributed by atoms with Crippen LogP contribution in [0.15, 0.2) is 84.9 Å². The van der Waals surface area contributed by atoms with E-state index in [2.05, 4.69) is 5.32 Å². The largest absolute Gasteiger partial charge is 0.457 e. The van der Waals surface area contributed by atoms with Gasteiger partial charge in [-0.2, -0.15) is 0 Å². The van der Waals surface area contributed by atoms with E-state index < -0.39 is 18.3 Å². The summed E-state index contributed by atoms with van der Waals surface area (Å²) in [5, 5.41) is 23.1. The van der Waals surface area contributed by atoms with Crippen LogP contribution >= 0.6 is 0 Å². The second-order valence-electron chi connectivity index (χ2n) is 6.77. The maximum atomic E-state index is 11.7. The molecule has 6 heteroatoms. The summed E-state index contributed by atoms with van der Waals surface area (Å²) in [6, 6.07) is 25.6. The molecule has 0 aliphatic rings. The fraction of sp³-hybridized carbons (Fsp3) is 0.208. The van der Waals surface area contributed by atoms with Gasteiger partial charge in [0.05, 0.1) is 6.10 Å². The summed E-state index contributed by atoms with van der Waals surface area (Å²) in [7, 11) is 0. The first kappa shape index (κ1) is 21.4. The van der Waals surface area contributed by atoms with Gasteiger partial charge in [-0.25, -0.2) is 4.79 Å². The van der Waals surface area contributed by atoms with Gasteiger partial charge in [0.25, 0.3) is 0 Å². The Hall–Kier alpha value is -3.35. The second-order valence-corrected chi connectivity index (χ2v) is 6.77. The van der Waals surface area contributed by atoms with Crippen molar-refractivity contribution >= 4 is 6.09 Å². The van der Waals surface area contributed by atoms with Gasteiger partial charge in [-0.1, -0.05) is 60.7 Å². The molecule has 0 bridgehead atoms. The van der Waals surface area contributed by atoms with E-state index in [0.29, 0.717) is 11.3 Å². The molecule has 3 aromatic rings. The van der Waals surface area contributed by atoms with Gasteiger partial charge < -0.3 is 25.0 Å². The zero-order valence-corrected chi connectivity index (χ0v) is 16.5. The SMILES string of the molecule is O=C(NCCC(O)C(O)c1ccc(Oc2ccccc2)cc1)OCc1ccccc1. The smallest absolute Gasteiger partial charge is 0.407 e. The lowest BCUT2D eigenvalue weighted by Crippen LogP contribution is -2.29. The lowest BCUT2D eigenvalue weighted by Gasteiger charge is -2.18. The Labute approximate surface area is 175 Å². The number of carbonyl (C=O) groups excluding carboxylic acids is 1. The van der Waals surface area contributed by atoms with Crippen LogP contribution in [0, 0.1) is 0 Å². The Morgan fingerprint density at radius 3 is 2.10 bits per heavy atom. The van der Waals surface area contributed by atoms with Crippen molar-refractivity contribution in [3.8, 4) is 11.5 Å². The Morgan fingerprint density at radius 2 is 1.43 bits per heavy atom. The molecule has 3 aromatic carbocycles. The second kappa shape index (κ2) is 11.0. The van der Waals surface area contributed by atoms with Crippen molar-refractivity contribution in [1.82, 2.24) is 5.32 Å². The van der Waals surface area contributed by atoms with E-state index in [1.54, 1.807) is 24.3 Å². The van der Waals surface area contributed by atoms with Gasteiger partial charge in [-0.05, 0) is 41.8 Å². The van der Waals surface area contributed by atoms with Crippen molar-refractivity contribution in [3.63, 3.8) is 0 Å². The Balaban J connectivity index is 1.40. The fourth-order valence-electron chi connectivity index (χ4n) is 2.83. The molecule has 30 heavy (non-hydrogen) atoms. The summed E-state index contributed by atoms with van der Waals surface area (Å²) >= 11 is 0. The number of benzene rings is 3. The summed E-state index contributed by atoms with van der Waals surface area (Å²) in [5.41, 5.74) is 1.46. The minimum atomic E-state index is -1.07. The highest BCUT2D eigenvalue weighted by molar-refractivity contribution is 5.67. The van der Waals surface area contributed by atoms with Crippen LogP contribution in [0.5, 0.6) is 11.5 Å². The first-order valence-electron chi connectivity index (χ1n) is 9.75. The number of hydrogen-bond donors (Lipinski definition) is 3. The third-order valence-electron chi connectivity index (χ3n) is 4.49. The predicted octanol–water partition coefficient (Wildman–Crippen LogP) is 4.19. The summed E-state index contributed by atoms with van der Waals surface area (Å²) in [4.78, 5) is 11.7. The van der Waals surface area contributed by atoms with E-state index in [0.717, 1.165) is 11.3 Å². The topological polar surface area (TPSA) is 88.0 Å². The van der Waals surface area contributed by atoms with Crippen LogP contribution in [0.1, 0.15) is 23.7 Å². The van der Waals surface area contributed by atoms with Gasteiger partial charge in [0.2, 0.25) is 0 Å². The van der Waals surface area contributed by atoms with Crippen molar-refractivity contribution in [1.29, 1.82) is 0 Å². The Kier molecular flexibility index (Phi) is 7.83. The van der Waals surface area contributed by atoms with Crippen molar-refractivity contribution in [2.45, 2.75) is 25.2 Å². The van der Waals surface area contributed by atoms with Gasteiger partial charge in [-0.15, -0.1) is 0 Å². The average Bonchev–Trinajstić information content (AvgIpc) is 2.79. The molecule has 0 aliphatic carbocycles. The third kappa shape index (κ3) is 6.62. The highest BCUT2D eigenvalue weighted by Crippen LogP contribution is 2.25. The molecule has 0 saturated heterocycles. The summed E-state index contributed by atoms with van der Waals surface area (Å²) in [5.74, 6) is 1.35. The van der Waals surface area contributed by atoms with Crippen LogP contribution in [-0.4, -0.2) is 29.0 Å². The highest BCUT2D eigenvalue weighted by atomic mass is 16.5. The number of rotatable bonds is 9. The van der Waals surface area contributed by atoms with E-state index in [9.17, 15) is 15.0 Å². The highest BCUT2D eigenvalue weighted by Gasteiger charge is 2.18. The Bertz CT molecular complexity index is 900. The van der Waals surface area contributed by atoms with Gasteiger partial charge in [0.15, 0.2) is 0 Å². The van der Waals surface area contributed by atoms with Gasteiger partial charge in [0.1, 0.15) is 24.2 Å². The van der Waals surface area contributed by atoms with E-state index in [4.69, 9.17) is 9.47 Å². The zero-order valence-electron chi connectivity index (χ0n) is 16.5. The molecule has 0 saturated carbocycles. The third-order valence-corrected chi connectivity index (χ3v) is 4.49. The molecule has 2 atom stereocenters. The number of amides is 1. The molecule has 0 spiro atoms. The molecule has 3 rings (SSSR count). The van der Waals surface area contributed by atoms with Crippen LogP contribution in [0.2, 0.25) is 0 Å². The van der Waals surface area contributed by atoms with Gasteiger partial charge in [-0.3, -0.25) is 0 Å². The molecule has 0 aliphatic heterocycles. The molecule has 0 heterocycles. The van der Waals surface area contributed by atoms with Crippen LogP contribution in [0.3, 0.4) is 0 Å². The normalized spacial score (nSPS) is 12.6. The molecular weight excluding hydrogens is 382 g/mol. The van der Waals surface area contributed by atoms with Crippen LogP contribution in [-0.2, 0) is 11.3 Å². The number of alkyl carbamates (subject to hydrolysis) is 1.